The lowest BCUT2D eigenvalue weighted by Gasteiger charge is -2.17. The molecule has 0 unspecified atom stereocenters. The molecule has 0 radical (unpaired) electrons. The Morgan fingerprint density at radius 3 is 2.13 bits per heavy atom. The summed E-state index contributed by atoms with van der Waals surface area (Å²) in [6.45, 7) is 5.50. The van der Waals surface area contributed by atoms with Gasteiger partial charge in [-0.1, -0.05) is 30.3 Å². The molecule has 4 heteroatoms. The minimum absolute atomic E-state index is 0.0151. The highest BCUT2D eigenvalue weighted by atomic mass is 16.2. The molecular weight excluding hydrogens is 288 g/mol. The highest BCUT2D eigenvalue weighted by molar-refractivity contribution is 5.96. The first-order valence-electron chi connectivity index (χ1n) is 7.79. The van der Waals surface area contributed by atoms with Crippen molar-refractivity contribution in [3.63, 3.8) is 0 Å². The van der Waals surface area contributed by atoms with Crippen LogP contribution in [0.5, 0.6) is 0 Å². The third kappa shape index (κ3) is 4.76. The molecule has 4 nitrogen and oxygen atoms in total. The van der Waals surface area contributed by atoms with E-state index in [0.29, 0.717) is 11.3 Å². The van der Waals surface area contributed by atoms with Gasteiger partial charge in [-0.3, -0.25) is 9.59 Å². The van der Waals surface area contributed by atoms with Gasteiger partial charge in [-0.25, -0.2) is 0 Å². The number of nitrogens with one attached hydrogen (secondary N) is 1. The monoisotopic (exact) mass is 311 g/mol. The summed E-state index contributed by atoms with van der Waals surface area (Å²) < 4.78 is 0. The summed E-state index contributed by atoms with van der Waals surface area (Å²) >= 11 is 0. The Hall–Kier alpha value is -2.46. The Bertz CT molecular complexity index is 666. The van der Waals surface area contributed by atoms with Crippen LogP contribution in [0.3, 0.4) is 0 Å². The highest BCUT2D eigenvalue weighted by Crippen LogP contribution is 2.11. The van der Waals surface area contributed by atoms with Gasteiger partial charge in [0.15, 0.2) is 11.8 Å². The molecule has 0 spiro atoms. The third-order valence-corrected chi connectivity index (χ3v) is 3.88. The molecule has 120 valence electrons. The van der Waals surface area contributed by atoms with Gasteiger partial charge in [0.1, 0.15) is 6.04 Å². The first-order chi connectivity index (χ1) is 11.0. The number of nitrogens with two attached hydrogens (primary N) is 1. The van der Waals surface area contributed by atoms with Crippen molar-refractivity contribution >= 4 is 17.4 Å². The van der Waals surface area contributed by atoms with Gasteiger partial charge in [0.2, 0.25) is 0 Å². The predicted octanol–water partition coefficient (Wildman–Crippen LogP) is 2.54. The number of hydrogen-bond donors (Lipinski definition) is 2. The molecule has 0 saturated heterocycles. The zero-order valence-corrected chi connectivity index (χ0v) is 13.7. The maximum absolute atomic E-state index is 12.3. The normalized spacial score (nSPS) is 13.2. The molecule has 0 aliphatic heterocycles. The van der Waals surface area contributed by atoms with Gasteiger partial charge < -0.3 is 10.6 Å². The van der Waals surface area contributed by atoms with Crippen LogP contribution >= 0.6 is 0 Å². The van der Waals surface area contributed by atoms with Crippen LogP contribution in [0.2, 0.25) is 0 Å². The summed E-state index contributed by atoms with van der Waals surface area (Å²) in [7, 11) is 0. The summed E-state index contributed by atoms with van der Waals surface area (Å²) in [4.78, 5) is 23.5. The summed E-state index contributed by atoms with van der Waals surface area (Å²) in [5, 5.41) is 4.92. The van der Waals surface area contributed by atoms with Crippen molar-refractivity contribution in [2.45, 2.75) is 32.9 Å². The van der Waals surface area contributed by atoms with E-state index in [1.165, 1.54) is 12.5 Å². The molecule has 0 fully saturated rings. The molecule has 2 atom stereocenters. The van der Waals surface area contributed by atoms with Crippen LogP contribution in [0.15, 0.2) is 54.6 Å². The Balaban J connectivity index is 1.93. The number of carbonyl (C=O) groups excluding carboxylic acids is 2. The second-order valence-electron chi connectivity index (χ2n) is 5.80. The van der Waals surface area contributed by atoms with Crippen molar-refractivity contribution in [1.29, 1.82) is 0 Å². The van der Waals surface area contributed by atoms with Crippen molar-refractivity contribution in [3.8, 4) is 0 Å². The van der Waals surface area contributed by atoms with Crippen LogP contribution in [0.25, 0.3) is 0 Å². The van der Waals surface area contributed by atoms with Crippen molar-refractivity contribution in [1.82, 2.24) is 0 Å². The third-order valence-electron chi connectivity index (χ3n) is 3.88. The van der Waals surface area contributed by atoms with Crippen molar-refractivity contribution in [2.75, 3.05) is 5.32 Å². The van der Waals surface area contributed by atoms with E-state index in [2.05, 4.69) is 24.4 Å². The summed E-state index contributed by atoms with van der Waals surface area (Å²) in [6.07, 6.45) is 0. The Morgan fingerprint density at radius 1 is 0.957 bits per heavy atom. The summed E-state index contributed by atoms with van der Waals surface area (Å²) in [5.41, 5.74) is 2.53. The molecule has 2 aromatic rings. The topological polar surface area (TPSA) is 62.8 Å². The van der Waals surface area contributed by atoms with Crippen molar-refractivity contribution in [2.24, 2.45) is 0 Å². The van der Waals surface area contributed by atoms with E-state index in [9.17, 15) is 9.59 Å². The number of quaternary nitrogens is 1. The molecule has 0 aliphatic carbocycles. The minimum atomic E-state index is -0.210. The Kier molecular flexibility index (Phi) is 5.66. The smallest absolute Gasteiger partial charge is 0.282 e. The Morgan fingerprint density at radius 2 is 1.57 bits per heavy atom. The molecule has 0 heterocycles. The Labute approximate surface area is 136 Å². The number of ketones is 1. The predicted molar refractivity (Wildman–Crippen MR) is 91.3 cm³/mol. The fraction of sp³-hybridized carbons (Fsp3) is 0.263. The fourth-order valence-corrected chi connectivity index (χ4v) is 2.43. The van der Waals surface area contributed by atoms with E-state index in [-0.39, 0.29) is 23.8 Å². The van der Waals surface area contributed by atoms with Gasteiger partial charge >= 0.3 is 0 Å². The molecule has 23 heavy (non-hydrogen) atoms. The number of carbonyl (C=O) groups is 2. The largest absolute Gasteiger partial charge is 0.330 e. The highest BCUT2D eigenvalue weighted by Gasteiger charge is 2.20. The lowest BCUT2D eigenvalue weighted by Crippen LogP contribution is -2.91. The lowest BCUT2D eigenvalue weighted by molar-refractivity contribution is -0.709. The van der Waals surface area contributed by atoms with Crippen molar-refractivity contribution in [3.05, 3.63) is 65.7 Å². The van der Waals surface area contributed by atoms with Crippen LogP contribution in [0.4, 0.5) is 5.69 Å². The first-order valence-corrected chi connectivity index (χ1v) is 7.79. The van der Waals surface area contributed by atoms with Gasteiger partial charge in [0.05, 0.1) is 0 Å². The van der Waals surface area contributed by atoms with E-state index in [1.807, 2.05) is 30.4 Å². The van der Waals surface area contributed by atoms with Gasteiger partial charge in [0, 0.05) is 16.8 Å². The van der Waals surface area contributed by atoms with Gasteiger partial charge in [-0.05, 0) is 45.0 Å². The molecule has 3 N–H and O–H groups in total. The van der Waals surface area contributed by atoms with E-state index in [1.54, 1.807) is 24.3 Å². The maximum Gasteiger partial charge on any atom is 0.282 e. The average Bonchev–Trinajstić information content (AvgIpc) is 2.56. The number of rotatable bonds is 6. The van der Waals surface area contributed by atoms with E-state index in [4.69, 9.17) is 0 Å². The maximum atomic E-state index is 12.3. The molecule has 0 aromatic heterocycles. The number of amides is 1. The van der Waals surface area contributed by atoms with Crippen LogP contribution in [-0.4, -0.2) is 17.7 Å². The number of Topliss-reactive ketones (excluding diaryl/α,β-unsaturated/α-hetero) is 1. The standard InChI is InChI=1S/C19H22N2O2/c1-13(16-7-5-4-6-8-16)20-14(2)19(23)21-18-11-9-17(10-12-18)15(3)22/h4-14,20H,1-3H3,(H,21,23)/p+1/t13-,14-/m1/s1. The van der Waals surface area contributed by atoms with Gasteiger partial charge in [0.25, 0.3) is 5.91 Å². The number of benzene rings is 2. The molecular formula is C19H23N2O2+. The number of anilines is 1. The minimum Gasteiger partial charge on any atom is -0.330 e. The van der Waals surface area contributed by atoms with Crippen LogP contribution in [0.1, 0.15) is 42.7 Å². The molecule has 0 saturated carbocycles. The summed E-state index contributed by atoms with van der Waals surface area (Å²) in [6, 6.07) is 17.1. The second-order valence-corrected chi connectivity index (χ2v) is 5.80. The first kappa shape index (κ1) is 16.9. The molecule has 1 amide bonds. The zero-order chi connectivity index (χ0) is 16.8. The van der Waals surface area contributed by atoms with Gasteiger partial charge in [-0.15, -0.1) is 0 Å². The fourth-order valence-electron chi connectivity index (χ4n) is 2.43. The van der Waals surface area contributed by atoms with E-state index >= 15 is 0 Å². The molecule has 2 aromatic carbocycles. The average molecular weight is 311 g/mol. The zero-order valence-electron chi connectivity index (χ0n) is 13.7. The molecule has 0 aliphatic rings. The number of hydrogen-bond acceptors (Lipinski definition) is 2. The van der Waals surface area contributed by atoms with E-state index < -0.39 is 0 Å². The van der Waals surface area contributed by atoms with E-state index in [0.717, 1.165) is 0 Å². The quantitative estimate of drug-likeness (QED) is 0.805. The van der Waals surface area contributed by atoms with Gasteiger partial charge in [-0.2, -0.15) is 0 Å². The summed E-state index contributed by atoms with van der Waals surface area (Å²) in [5.74, 6) is -0.0374. The lowest BCUT2D eigenvalue weighted by atomic mass is 10.1. The van der Waals surface area contributed by atoms with Crippen molar-refractivity contribution < 1.29 is 14.9 Å². The molecule has 2 rings (SSSR count). The van der Waals surface area contributed by atoms with Crippen LogP contribution in [-0.2, 0) is 4.79 Å². The SMILES string of the molecule is CC(=O)c1ccc(NC(=O)[C@@H](C)[NH2+][C@H](C)c2ccccc2)cc1. The molecule has 0 bridgehead atoms. The van der Waals surface area contributed by atoms with Crippen LogP contribution in [0, 0.1) is 0 Å². The second kappa shape index (κ2) is 7.70. The van der Waals surface area contributed by atoms with Crippen LogP contribution < -0.4 is 10.6 Å².